The van der Waals surface area contributed by atoms with Crippen LogP contribution in [0, 0.1) is 6.92 Å². The Morgan fingerprint density at radius 1 is 0.750 bits per heavy atom. The fourth-order valence-corrected chi connectivity index (χ4v) is 2.60. The molecule has 1 N–H and O–H groups in total. The highest BCUT2D eigenvalue weighted by Gasteiger charge is 2.08. The Morgan fingerprint density at radius 2 is 1.15 bits per heavy atom. The van der Waals surface area contributed by atoms with Crippen LogP contribution in [0.25, 0.3) is 11.1 Å². The molecule has 0 fully saturated rings. The van der Waals surface area contributed by atoms with Crippen molar-refractivity contribution in [1.82, 2.24) is 0 Å². The molecule has 0 saturated carbocycles. The van der Waals surface area contributed by atoms with Gasteiger partial charge in [0.05, 0.1) is 0 Å². The van der Waals surface area contributed by atoms with Crippen molar-refractivity contribution in [3.05, 3.63) is 65.2 Å². The molecule has 0 aliphatic heterocycles. The standard InChI is InChI=1S/C19H22O/c1-4-18(15-8-6-14(3)7-9-15)19(5-2)16-10-12-17(20)13-11-16/h6-13,20H,4-5H2,1-3H3/b19-18+. The number of hydrogen-bond donors (Lipinski definition) is 1. The van der Waals surface area contributed by atoms with Gasteiger partial charge in [0.2, 0.25) is 0 Å². The third kappa shape index (κ3) is 3.11. The SMILES string of the molecule is CC/C(=C(/CC)c1ccc(O)cc1)c1ccc(C)cc1. The quantitative estimate of drug-likeness (QED) is 0.731. The Bertz CT molecular complexity index is 533. The first kappa shape index (κ1) is 14.4. The van der Waals surface area contributed by atoms with Crippen LogP contribution < -0.4 is 0 Å². The van der Waals surface area contributed by atoms with E-state index in [1.165, 1.54) is 27.8 Å². The van der Waals surface area contributed by atoms with Gasteiger partial charge in [-0.3, -0.25) is 0 Å². The van der Waals surface area contributed by atoms with Crippen molar-refractivity contribution in [3.8, 4) is 5.75 Å². The summed E-state index contributed by atoms with van der Waals surface area (Å²) in [5, 5.41) is 9.44. The predicted octanol–water partition coefficient (Wildman–Crippen LogP) is 5.43. The number of phenols is 1. The summed E-state index contributed by atoms with van der Waals surface area (Å²) in [4.78, 5) is 0. The largest absolute Gasteiger partial charge is 0.508 e. The summed E-state index contributed by atoms with van der Waals surface area (Å²) in [5.41, 5.74) is 6.52. The van der Waals surface area contributed by atoms with Crippen molar-refractivity contribution in [1.29, 1.82) is 0 Å². The molecule has 0 radical (unpaired) electrons. The van der Waals surface area contributed by atoms with E-state index in [-0.39, 0.29) is 0 Å². The molecule has 2 aromatic carbocycles. The fraction of sp³-hybridized carbons (Fsp3) is 0.263. The Morgan fingerprint density at radius 3 is 1.55 bits per heavy atom. The first-order chi connectivity index (χ1) is 9.65. The molecule has 0 atom stereocenters. The molecule has 2 rings (SSSR count). The second-order valence-corrected chi connectivity index (χ2v) is 5.08. The maximum atomic E-state index is 9.44. The van der Waals surface area contributed by atoms with E-state index < -0.39 is 0 Å². The second kappa shape index (κ2) is 6.42. The summed E-state index contributed by atoms with van der Waals surface area (Å²) in [6, 6.07) is 16.2. The zero-order valence-corrected chi connectivity index (χ0v) is 12.5. The highest BCUT2D eigenvalue weighted by atomic mass is 16.3. The molecule has 1 nitrogen and oxygen atoms in total. The molecular formula is C19H22O. The number of allylic oxidation sites excluding steroid dienone is 2. The van der Waals surface area contributed by atoms with E-state index >= 15 is 0 Å². The number of benzene rings is 2. The van der Waals surface area contributed by atoms with E-state index in [4.69, 9.17) is 0 Å². The lowest BCUT2D eigenvalue weighted by molar-refractivity contribution is 0.475. The smallest absolute Gasteiger partial charge is 0.115 e. The molecule has 2 aromatic rings. The van der Waals surface area contributed by atoms with Crippen LogP contribution in [0.3, 0.4) is 0 Å². The van der Waals surface area contributed by atoms with Crippen LogP contribution in [0.15, 0.2) is 48.5 Å². The lowest BCUT2D eigenvalue weighted by Crippen LogP contribution is -1.91. The van der Waals surface area contributed by atoms with E-state index in [2.05, 4.69) is 45.0 Å². The third-order valence-electron chi connectivity index (χ3n) is 3.69. The molecule has 0 saturated heterocycles. The van der Waals surface area contributed by atoms with Crippen LogP contribution in [-0.2, 0) is 0 Å². The van der Waals surface area contributed by atoms with E-state index in [1.54, 1.807) is 12.1 Å². The highest BCUT2D eigenvalue weighted by Crippen LogP contribution is 2.32. The summed E-state index contributed by atoms with van der Waals surface area (Å²) >= 11 is 0. The van der Waals surface area contributed by atoms with Gasteiger partial charge in [-0.2, -0.15) is 0 Å². The van der Waals surface area contributed by atoms with Gasteiger partial charge in [-0.25, -0.2) is 0 Å². The molecule has 0 bridgehead atoms. The Hall–Kier alpha value is -2.02. The number of hydrogen-bond acceptors (Lipinski definition) is 1. The lowest BCUT2D eigenvalue weighted by Gasteiger charge is -2.14. The van der Waals surface area contributed by atoms with Crippen molar-refractivity contribution >= 4 is 11.1 Å². The van der Waals surface area contributed by atoms with E-state index in [9.17, 15) is 5.11 Å². The van der Waals surface area contributed by atoms with Gasteiger partial charge in [0.1, 0.15) is 5.75 Å². The monoisotopic (exact) mass is 266 g/mol. The van der Waals surface area contributed by atoms with Gasteiger partial charge in [0, 0.05) is 0 Å². The summed E-state index contributed by atoms with van der Waals surface area (Å²) < 4.78 is 0. The molecule has 0 aliphatic carbocycles. The number of aromatic hydroxyl groups is 1. The number of rotatable bonds is 4. The van der Waals surface area contributed by atoms with E-state index in [1.807, 2.05) is 12.1 Å². The molecule has 0 spiro atoms. The van der Waals surface area contributed by atoms with Crippen molar-refractivity contribution < 1.29 is 5.11 Å². The van der Waals surface area contributed by atoms with Crippen molar-refractivity contribution in [2.45, 2.75) is 33.6 Å². The zero-order chi connectivity index (χ0) is 14.5. The number of phenolic OH excluding ortho intramolecular Hbond substituents is 1. The van der Waals surface area contributed by atoms with Gasteiger partial charge in [-0.15, -0.1) is 0 Å². The van der Waals surface area contributed by atoms with Crippen LogP contribution in [0.2, 0.25) is 0 Å². The molecule has 0 unspecified atom stereocenters. The normalized spacial score (nSPS) is 12.2. The van der Waals surface area contributed by atoms with Crippen LogP contribution in [0.4, 0.5) is 0 Å². The minimum atomic E-state index is 0.317. The second-order valence-electron chi connectivity index (χ2n) is 5.08. The van der Waals surface area contributed by atoms with Gasteiger partial charge in [-0.05, 0) is 54.2 Å². The maximum Gasteiger partial charge on any atom is 0.115 e. The van der Waals surface area contributed by atoms with Crippen molar-refractivity contribution in [2.24, 2.45) is 0 Å². The molecule has 1 heteroatoms. The molecular weight excluding hydrogens is 244 g/mol. The summed E-state index contributed by atoms with van der Waals surface area (Å²) in [5.74, 6) is 0.317. The average molecular weight is 266 g/mol. The van der Waals surface area contributed by atoms with Crippen LogP contribution >= 0.6 is 0 Å². The Kier molecular flexibility index (Phi) is 4.62. The van der Waals surface area contributed by atoms with Crippen LogP contribution in [0.5, 0.6) is 5.75 Å². The third-order valence-corrected chi connectivity index (χ3v) is 3.69. The molecule has 0 amide bonds. The Balaban J connectivity index is 2.52. The molecule has 0 aromatic heterocycles. The summed E-state index contributed by atoms with van der Waals surface area (Å²) in [6.45, 7) is 6.50. The maximum absolute atomic E-state index is 9.44. The van der Waals surface area contributed by atoms with E-state index in [0.717, 1.165) is 12.8 Å². The van der Waals surface area contributed by atoms with Gasteiger partial charge in [0.15, 0.2) is 0 Å². The van der Waals surface area contributed by atoms with Gasteiger partial charge in [0.25, 0.3) is 0 Å². The van der Waals surface area contributed by atoms with Crippen LogP contribution in [-0.4, -0.2) is 5.11 Å². The predicted molar refractivity (Wildman–Crippen MR) is 86.7 cm³/mol. The van der Waals surface area contributed by atoms with Gasteiger partial charge < -0.3 is 5.11 Å². The first-order valence-electron chi connectivity index (χ1n) is 7.24. The zero-order valence-electron chi connectivity index (χ0n) is 12.5. The van der Waals surface area contributed by atoms with E-state index in [0.29, 0.717) is 5.75 Å². The molecule has 104 valence electrons. The summed E-state index contributed by atoms with van der Waals surface area (Å²) in [7, 11) is 0. The van der Waals surface area contributed by atoms with Gasteiger partial charge >= 0.3 is 0 Å². The first-order valence-corrected chi connectivity index (χ1v) is 7.24. The van der Waals surface area contributed by atoms with Crippen molar-refractivity contribution in [3.63, 3.8) is 0 Å². The fourth-order valence-electron chi connectivity index (χ4n) is 2.60. The molecule has 0 heterocycles. The van der Waals surface area contributed by atoms with Gasteiger partial charge in [-0.1, -0.05) is 55.8 Å². The molecule has 20 heavy (non-hydrogen) atoms. The number of aryl methyl sites for hydroxylation is 1. The highest BCUT2D eigenvalue weighted by molar-refractivity contribution is 5.90. The average Bonchev–Trinajstić information content (AvgIpc) is 2.47. The minimum absolute atomic E-state index is 0.317. The van der Waals surface area contributed by atoms with Crippen LogP contribution in [0.1, 0.15) is 43.4 Å². The summed E-state index contributed by atoms with van der Waals surface area (Å²) in [6.07, 6.45) is 1.99. The Labute approximate surface area is 121 Å². The molecule has 0 aliphatic rings. The lowest BCUT2D eigenvalue weighted by atomic mass is 9.91. The van der Waals surface area contributed by atoms with Crippen molar-refractivity contribution in [2.75, 3.05) is 0 Å². The topological polar surface area (TPSA) is 20.2 Å². The minimum Gasteiger partial charge on any atom is -0.508 e.